The van der Waals surface area contributed by atoms with E-state index in [2.05, 4.69) is 0 Å². The number of rotatable bonds is 3. The summed E-state index contributed by atoms with van der Waals surface area (Å²) in [5, 5.41) is 0. The quantitative estimate of drug-likeness (QED) is 0.669. The summed E-state index contributed by atoms with van der Waals surface area (Å²) in [4.78, 5) is 0. The Bertz CT molecular complexity index is 457. The maximum absolute atomic E-state index is 13.6. The van der Waals surface area contributed by atoms with E-state index in [0.717, 1.165) is 5.56 Å². The average Bonchev–Trinajstić information content (AvgIpc) is 2.37. The molecule has 1 aliphatic rings. The van der Waals surface area contributed by atoms with Gasteiger partial charge in [0.25, 0.3) is 0 Å². The van der Waals surface area contributed by atoms with Gasteiger partial charge in [0.2, 0.25) is 0 Å². The number of halogens is 3. The van der Waals surface area contributed by atoms with E-state index >= 15 is 0 Å². The van der Waals surface area contributed by atoms with Crippen LogP contribution < -0.4 is 0 Å². The second-order valence-corrected chi connectivity index (χ2v) is 11.3. The molecular formula is C16H23F3OSi. The zero-order valence-electron chi connectivity index (χ0n) is 12.8. The van der Waals surface area contributed by atoms with Gasteiger partial charge in [-0.05, 0) is 56.8 Å². The normalized spacial score (nSPS) is 27.6. The van der Waals surface area contributed by atoms with Crippen molar-refractivity contribution in [1.82, 2.24) is 0 Å². The zero-order chi connectivity index (χ0) is 15.7. The van der Waals surface area contributed by atoms with E-state index in [1.807, 2.05) is 50.0 Å². The van der Waals surface area contributed by atoms with Gasteiger partial charge in [0.1, 0.15) is 0 Å². The predicted octanol–water partition coefficient (Wildman–Crippen LogP) is 5.50. The number of alkyl halides is 3. The Labute approximate surface area is 125 Å². The van der Waals surface area contributed by atoms with Gasteiger partial charge < -0.3 is 4.43 Å². The number of hydrogen-bond acceptors (Lipinski definition) is 1. The van der Waals surface area contributed by atoms with Crippen molar-refractivity contribution in [3.8, 4) is 0 Å². The minimum atomic E-state index is -4.28. The molecule has 0 spiro atoms. The number of benzene rings is 1. The van der Waals surface area contributed by atoms with E-state index in [0.29, 0.717) is 12.8 Å². The number of hydrogen-bond donors (Lipinski definition) is 0. The van der Waals surface area contributed by atoms with Crippen LogP contribution in [0.3, 0.4) is 0 Å². The van der Waals surface area contributed by atoms with Gasteiger partial charge in [-0.1, -0.05) is 30.3 Å². The van der Waals surface area contributed by atoms with Gasteiger partial charge in [-0.3, -0.25) is 0 Å². The summed E-state index contributed by atoms with van der Waals surface area (Å²) in [5.74, 6) is 0.215. The smallest absolute Gasteiger partial charge is 0.404 e. The van der Waals surface area contributed by atoms with Gasteiger partial charge >= 0.3 is 6.18 Å². The molecule has 0 aliphatic heterocycles. The molecule has 1 aliphatic carbocycles. The lowest BCUT2D eigenvalue weighted by Gasteiger charge is -2.44. The molecule has 0 aromatic heterocycles. The Kier molecular flexibility index (Phi) is 4.54. The predicted molar refractivity (Wildman–Crippen MR) is 80.9 cm³/mol. The summed E-state index contributed by atoms with van der Waals surface area (Å²) < 4.78 is 46.3. The van der Waals surface area contributed by atoms with Crippen LogP contribution in [0.1, 0.15) is 37.2 Å². The molecule has 118 valence electrons. The first-order chi connectivity index (χ1) is 9.63. The highest BCUT2D eigenvalue weighted by atomic mass is 28.4. The van der Waals surface area contributed by atoms with Gasteiger partial charge in [-0.2, -0.15) is 13.2 Å². The zero-order valence-corrected chi connectivity index (χ0v) is 13.8. The third-order valence-electron chi connectivity index (χ3n) is 4.08. The van der Waals surface area contributed by atoms with Crippen molar-refractivity contribution in [1.29, 1.82) is 0 Å². The van der Waals surface area contributed by atoms with Crippen LogP contribution in [0.4, 0.5) is 13.2 Å². The first kappa shape index (κ1) is 16.6. The lowest BCUT2D eigenvalue weighted by Crippen LogP contribution is -2.54. The second kappa shape index (κ2) is 5.76. The van der Waals surface area contributed by atoms with E-state index < -0.39 is 20.1 Å². The summed E-state index contributed by atoms with van der Waals surface area (Å²) in [6, 6.07) is 9.83. The SMILES string of the molecule is C[Si](C)(C)OC1(C(F)(F)F)CCC(c2ccccc2)CC1. The fourth-order valence-electron chi connectivity index (χ4n) is 3.17. The van der Waals surface area contributed by atoms with Crippen molar-refractivity contribution in [2.75, 3.05) is 0 Å². The minimum absolute atomic E-state index is 0.0698. The fourth-order valence-corrected chi connectivity index (χ4v) is 4.66. The standard InChI is InChI=1S/C16H23F3OSi/c1-21(2,3)20-15(16(17,18)19)11-9-14(10-12-15)13-7-5-4-6-8-13/h4-8,14H,9-12H2,1-3H3. The highest BCUT2D eigenvalue weighted by molar-refractivity contribution is 6.69. The van der Waals surface area contributed by atoms with Gasteiger partial charge in [0, 0.05) is 0 Å². The van der Waals surface area contributed by atoms with E-state index in [4.69, 9.17) is 4.43 Å². The summed E-state index contributed by atoms with van der Waals surface area (Å²) in [7, 11) is -2.25. The first-order valence-electron chi connectivity index (χ1n) is 7.45. The van der Waals surface area contributed by atoms with Crippen LogP contribution in [0.25, 0.3) is 0 Å². The van der Waals surface area contributed by atoms with Crippen LogP contribution in [-0.2, 0) is 4.43 Å². The summed E-state index contributed by atoms with van der Waals surface area (Å²) >= 11 is 0. The topological polar surface area (TPSA) is 9.23 Å². The molecule has 1 aromatic rings. The molecule has 1 fully saturated rings. The fraction of sp³-hybridized carbons (Fsp3) is 0.625. The Morgan fingerprint density at radius 1 is 1.05 bits per heavy atom. The molecule has 0 saturated heterocycles. The molecule has 1 aromatic carbocycles. The molecule has 0 N–H and O–H groups in total. The highest BCUT2D eigenvalue weighted by Gasteiger charge is 2.58. The molecule has 1 saturated carbocycles. The van der Waals surface area contributed by atoms with Crippen LogP contribution in [0.2, 0.25) is 19.6 Å². The van der Waals surface area contributed by atoms with Crippen LogP contribution in [-0.4, -0.2) is 20.1 Å². The second-order valence-electron chi connectivity index (χ2n) is 6.89. The molecule has 0 heterocycles. The third kappa shape index (κ3) is 3.89. The van der Waals surface area contributed by atoms with Crippen molar-refractivity contribution in [2.24, 2.45) is 0 Å². The van der Waals surface area contributed by atoms with Crippen LogP contribution in [0, 0.1) is 0 Å². The summed E-state index contributed by atoms with van der Waals surface area (Å²) in [6.07, 6.45) is -3.07. The lowest BCUT2D eigenvalue weighted by molar-refractivity contribution is -0.262. The van der Waals surface area contributed by atoms with Gasteiger partial charge in [-0.25, -0.2) is 0 Å². The van der Waals surface area contributed by atoms with Crippen LogP contribution in [0.15, 0.2) is 30.3 Å². The highest BCUT2D eigenvalue weighted by Crippen LogP contribution is 2.49. The lowest BCUT2D eigenvalue weighted by atomic mass is 9.76. The molecule has 21 heavy (non-hydrogen) atoms. The average molecular weight is 316 g/mol. The molecule has 5 heteroatoms. The maximum atomic E-state index is 13.6. The van der Waals surface area contributed by atoms with E-state index in [9.17, 15) is 13.2 Å². The minimum Gasteiger partial charge on any atom is -0.404 e. The Hall–Kier alpha value is -0.813. The first-order valence-corrected chi connectivity index (χ1v) is 10.9. The van der Waals surface area contributed by atoms with Crippen molar-refractivity contribution in [2.45, 2.75) is 63.0 Å². The van der Waals surface area contributed by atoms with Crippen molar-refractivity contribution in [3.05, 3.63) is 35.9 Å². The Morgan fingerprint density at radius 3 is 2.00 bits per heavy atom. The molecule has 1 nitrogen and oxygen atoms in total. The third-order valence-corrected chi connectivity index (χ3v) is 5.09. The Balaban J connectivity index is 2.14. The van der Waals surface area contributed by atoms with Crippen molar-refractivity contribution >= 4 is 8.32 Å². The maximum Gasteiger partial charge on any atom is 0.416 e. The molecule has 0 radical (unpaired) electrons. The van der Waals surface area contributed by atoms with Crippen LogP contribution >= 0.6 is 0 Å². The van der Waals surface area contributed by atoms with E-state index in [1.54, 1.807) is 0 Å². The molecule has 0 atom stereocenters. The molecular weight excluding hydrogens is 293 g/mol. The van der Waals surface area contributed by atoms with Gasteiger partial charge in [-0.15, -0.1) is 0 Å². The summed E-state index contributed by atoms with van der Waals surface area (Å²) in [6.45, 7) is 5.47. The van der Waals surface area contributed by atoms with Gasteiger partial charge in [0.15, 0.2) is 13.9 Å². The van der Waals surface area contributed by atoms with Crippen molar-refractivity contribution < 1.29 is 17.6 Å². The summed E-state index contributed by atoms with van der Waals surface area (Å²) in [5.41, 5.74) is -0.788. The Morgan fingerprint density at radius 2 is 1.57 bits per heavy atom. The largest absolute Gasteiger partial charge is 0.416 e. The molecule has 2 rings (SSSR count). The van der Waals surface area contributed by atoms with Crippen molar-refractivity contribution in [3.63, 3.8) is 0 Å². The molecule has 0 unspecified atom stereocenters. The van der Waals surface area contributed by atoms with E-state index in [-0.39, 0.29) is 18.8 Å². The van der Waals surface area contributed by atoms with E-state index in [1.165, 1.54) is 0 Å². The molecule has 0 amide bonds. The van der Waals surface area contributed by atoms with Gasteiger partial charge in [0.05, 0.1) is 0 Å². The monoisotopic (exact) mass is 316 g/mol. The molecule has 0 bridgehead atoms. The van der Waals surface area contributed by atoms with Crippen LogP contribution in [0.5, 0.6) is 0 Å².